The topological polar surface area (TPSA) is 36.9 Å². The number of H-pyrrole nitrogens is 1. The quantitative estimate of drug-likeness (QED) is 0.833. The molecule has 0 aliphatic heterocycles. The second kappa shape index (κ2) is 5.13. The van der Waals surface area contributed by atoms with E-state index in [9.17, 15) is 0 Å². The smallest absolute Gasteiger partial charge is 0.195 e. The fourth-order valence-corrected chi connectivity index (χ4v) is 3.21. The molecule has 18 heavy (non-hydrogen) atoms. The third-order valence-corrected chi connectivity index (χ3v) is 4.67. The Hall–Kier alpha value is -0.680. The molecular weight excluding hydrogens is 244 g/mol. The summed E-state index contributed by atoms with van der Waals surface area (Å²) in [4.78, 5) is 2.50. The van der Waals surface area contributed by atoms with Gasteiger partial charge in [0.15, 0.2) is 4.77 Å². The van der Waals surface area contributed by atoms with Crippen molar-refractivity contribution in [1.29, 1.82) is 0 Å². The van der Waals surface area contributed by atoms with Gasteiger partial charge in [0.2, 0.25) is 0 Å². The average Bonchev–Trinajstić information content (AvgIpc) is 2.92. The molecule has 2 aliphatic carbocycles. The monoisotopic (exact) mass is 266 g/mol. The number of nitrogens with one attached hydrogen (secondary N) is 1. The summed E-state index contributed by atoms with van der Waals surface area (Å²) < 4.78 is 3.00. The van der Waals surface area contributed by atoms with E-state index < -0.39 is 0 Å². The molecule has 2 saturated carbocycles. The zero-order valence-electron chi connectivity index (χ0n) is 11.1. The normalized spacial score (nSPS) is 21.0. The molecule has 100 valence electrons. The van der Waals surface area contributed by atoms with Crippen LogP contribution in [0.1, 0.15) is 50.3 Å². The highest BCUT2D eigenvalue weighted by molar-refractivity contribution is 7.71. The van der Waals surface area contributed by atoms with Crippen molar-refractivity contribution in [3.8, 4) is 0 Å². The SMILES string of the molecule is CN(CCn1c(C2CC2)n[nH]c1=S)C1CCCC1. The number of hydrogen-bond donors (Lipinski definition) is 1. The molecule has 1 aromatic rings. The van der Waals surface area contributed by atoms with Gasteiger partial charge in [-0.2, -0.15) is 5.10 Å². The van der Waals surface area contributed by atoms with Crippen LogP contribution in [0.5, 0.6) is 0 Å². The maximum absolute atomic E-state index is 5.33. The Balaban J connectivity index is 1.62. The minimum atomic E-state index is 0.662. The molecule has 0 spiro atoms. The van der Waals surface area contributed by atoms with Gasteiger partial charge in [0.05, 0.1) is 0 Å². The van der Waals surface area contributed by atoms with Gasteiger partial charge in [0.25, 0.3) is 0 Å². The Morgan fingerprint density at radius 3 is 2.72 bits per heavy atom. The van der Waals surface area contributed by atoms with E-state index in [0.717, 1.165) is 23.9 Å². The molecule has 1 N–H and O–H groups in total. The van der Waals surface area contributed by atoms with E-state index >= 15 is 0 Å². The zero-order chi connectivity index (χ0) is 12.5. The van der Waals surface area contributed by atoms with Gasteiger partial charge < -0.3 is 9.47 Å². The first kappa shape index (κ1) is 12.4. The molecule has 4 nitrogen and oxygen atoms in total. The summed E-state index contributed by atoms with van der Waals surface area (Å²) in [5, 5.41) is 7.33. The molecule has 0 atom stereocenters. The summed E-state index contributed by atoms with van der Waals surface area (Å²) in [6.45, 7) is 2.06. The summed E-state index contributed by atoms with van der Waals surface area (Å²) in [7, 11) is 2.25. The molecule has 3 rings (SSSR count). The molecular formula is C13H22N4S. The number of rotatable bonds is 5. The van der Waals surface area contributed by atoms with Gasteiger partial charge in [-0.3, -0.25) is 5.10 Å². The second-order valence-electron chi connectivity index (χ2n) is 5.73. The van der Waals surface area contributed by atoms with E-state index in [1.807, 2.05) is 0 Å². The fraction of sp³-hybridized carbons (Fsp3) is 0.846. The minimum Gasteiger partial charge on any atom is -0.303 e. The van der Waals surface area contributed by atoms with E-state index in [2.05, 4.69) is 26.7 Å². The molecule has 5 heteroatoms. The first-order valence-corrected chi connectivity index (χ1v) is 7.52. The van der Waals surface area contributed by atoms with Gasteiger partial charge in [0.1, 0.15) is 5.82 Å². The summed E-state index contributed by atoms with van der Waals surface area (Å²) in [6, 6.07) is 0.787. The lowest BCUT2D eigenvalue weighted by atomic mass is 10.2. The molecule has 0 saturated heterocycles. The van der Waals surface area contributed by atoms with E-state index in [4.69, 9.17) is 12.2 Å². The zero-order valence-corrected chi connectivity index (χ0v) is 11.9. The van der Waals surface area contributed by atoms with Crippen molar-refractivity contribution in [2.24, 2.45) is 0 Å². The summed E-state index contributed by atoms with van der Waals surface area (Å²) in [5.41, 5.74) is 0. The highest BCUT2D eigenvalue weighted by Gasteiger charge is 2.29. The van der Waals surface area contributed by atoms with E-state index in [1.54, 1.807) is 0 Å². The van der Waals surface area contributed by atoms with E-state index in [1.165, 1.54) is 44.3 Å². The van der Waals surface area contributed by atoms with Crippen LogP contribution in [0.4, 0.5) is 0 Å². The number of hydrogen-bond acceptors (Lipinski definition) is 3. The lowest BCUT2D eigenvalue weighted by Gasteiger charge is -2.24. The molecule has 0 radical (unpaired) electrons. The van der Waals surface area contributed by atoms with Crippen LogP contribution in [0.3, 0.4) is 0 Å². The largest absolute Gasteiger partial charge is 0.303 e. The first-order chi connectivity index (χ1) is 8.75. The highest BCUT2D eigenvalue weighted by atomic mass is 32.1. The number of nitrogens with zero attached hydrogens (tertiary/aromatic N) is 3. The van der Waals surface area contributed by atoms with Crippen LogP contribution in [0.15, 0.2) is 0 Å². The minimum absolute atomic E-state index is 0.662. The first-order valence-electron chi connectivity index (χ1n) is 7.11. The molecule has 2 fully saturated rings. The lowest BCUT2D eigenvalue weighted by Crippen LogP contribution is -2.32. The lowest BCUT2D eigenvalue weighted by molar-refractivity contribution is 0.235. The Bertz CT molecular complexity index is 454. The standard InChI is InChI=1S/C13H22N4S/c1-16(11-4-2-3-5-11)8-9-17-12(10-6-7-10)14-15-13(17)18/h10-11H,2-9H2,1H3,(H,15,18). The predicted molar refractivity (Wildman–Crippen MR) is 74.3 cm³/mol. The number of likely N-dealkylation sites (N-methyl/N-ethyl adjacent to an activating group) is 1. The van der Waals surface area contributed by atoms with Gasteiger partial charge in [-0.1, -0.05) is 12.8 Å². The molecule has 0 aromatic carbocycles. The molecule has 2 aliphatic rings. The summed E-state index contributed by atoms with van der Waals surface area (Å²) in [6.07, 6.45) is 8.07. The van der Waals surface area contributed by atoms with Crippen LogP contribution in [0.2, 0.25) is 0 Å². The highest BCUT2D eigenvalue weighted by Crippen LogP contribution is 2.38. The molecule has 0 amide bonds. The van der Waals surface area contributed by atoms with Crippen LogP contribution < -0.4 is 0 Å². The molecule has 1 heterocycles. The van der Waals surface area contributed by atoms with Crippen LogP contribution >= 0.6 is 12.2 Å². The van der Waals surface area contributed by atoms with Crippen LogP contribution in [0, 0.1) is 4.77 Å². The van der Waals surface area contributed by atoms with Crippen molar-refractivity contribution in [3.63, 3.8) is 0 Å². The van der Waals surface area contributed by atoms with E-state index in [0.29, 0.717) is 5.92 Å². The second-order valence-corrected chi connectivity index (χ2v) is 6.12. The molecule has 0 bridgehead atoms. The van der Waals surface area contributed by atoms with Crippen LogP contribution in [-0.2, 0) is 6.54 Å². The van der Waals surface area contributed by atoms with Crippen LogP contribution in [-0.4, -0.2) is 39.3 Å². The summed E-state index contributed by atoms with van der Waals surface area (Å²) in [5.74, 6) is 1.84. The Labute approximate surface area is 113 Å². The maximum atomic E-state index is 5.33. The van der Waals surface area contributed by atoms with Crippen molar-refractivity contribution in [2.75, 3.05) is 13.6 Å². The van der Waals surface area contributed by atoms with Crippen molar-refractivity contribution in [3.05, 3.63) is 10.6 Å². The Kier molecular flexibility index (Phi) is 3.52. The van der Waals surface area contributed by atoms with E-state index in [-0.39, 0.29) is 0 Å². The third-order valence-electron chi connectivity index (χ3n) is 4.35. The summed E-state index contributed by atoms with van der Waals surface area (Å²) >= 11 is 5.33. The third kappa shape index (κ3) is 2.52. The predicted octanol–water partition coefficient (Wildman–Crippen LogP) is 2.69. The van der Waals surface area contributed by atoms with Gasteiger partial charge in [-0.05, 0) is 44.9 Å². The van der Waals surface area contributed by atoms with Gasteiger partial charge in [-0.25, -0.2) is 0 Å². The van der Waals surface area contributed by atoms with Crippen molar-refractivity contribution >= 4 is 12.2 Å². The Morgan fingerprint density at radius 2 is 2.06 bits per heavy atom. The van der Waals surface area contributed by atoms with Crippen molar-refractivity contribution < 1.29 is 0 Å². The van der Waals surface area contributed by atoms with Crippen molar-refractivity contribution in [1.82, 2.24) is 19.7 Å². The van der Waals surface area contributed by atoms with Gasteiger partial charge >= 0.3 is 0 Å². The average molecular weight is 266 g/mol. The van der Waals surface area contributed by atoms with Crippen molar-refractivity contribution in [2.45, 2.75) is 57.0 Å². The number of aromatic amines is 1. The van der Waals surface area contributed by atoms with Crippen LogP contribution in [0.25, 0.3) is 0 Å². The molecule has 0 unspecified atom stereocenters. The number of aromatic nitrogens is 3. The maximum Gasteiger partial charge on any atom is 0.195 e. The molecule has 1 aromatic heterocycles. The fourth-order valence-electron chi connectivity index (χ4n) is 2.98. The Morgan fingerprint density at radius 1 is 1.33 bits per heavy atom. The van der Waals surface area contributed by atoms with Gasteiger partial charge in [-0.15, -0.1) is 0 Å². The van der Waals surface area contributed by atoms with Gasteiger partial charge in [0, 0.05) is 25.0 Å².